The highest BCUT2D eigenvalue weighted by atomic mass is 32.2. The molecule has 4 aromatic carbocycles. The number of rotatable bonds is 11. The Bertz CT molecular complexity index is 1810. The van der Waals surface area contributed by atoms with Crippen LogP contribution in [0.3, 0.4) is 0 Å². The first-order valence-electron chi connectivity index (χ1n) is 21.7. The molecule has 0 aromatic heterocycles. The molecule has 1 unspecified atom stereocenters. The zero-order valence-electron chi connectivity index (χ0n) is 35.1. The summed E-state index contributed by atoms with van der Waals surface area (Å²) in [5, 5.41) is 13.3. The molecular weight excluding hydrogens is 771 g/mol. The molecule has 2 saturated heterocycles. The molecule has 10 heteroatoms. The lowest BCUT2D eigenvalue weighted by Crippen LogP contribution is -2.51. The van der Waals surface area contributed by atoms with E-state index in [0.29, 0.717) is 5.56 Å². The number of hydrogen-bond donors (Lipinski definition) is 1. The first-order chi connectivity index (χ1) is 29.0. The van der Waals surface area contributed by atoms with Gasteiger partial charge in [-0.2, -0.15) is 5.26 Å². The number of hydrogen-bond acceptors (Lipinski definition) is 10. The van der Waals surface area contributed by atoms with Crippen LogP contribution in [-0.4, -0.2) is 99.6 Å². The van der Waals surface area contributed by atoms with E-state index < -0.39 is 0 Å². The Morgan fingerprint density at radius 2 is 1.00 bits per heavy atom. The van der Waals surface area contributed by atoms with Crippen molar-refractivity contribution in [2.45, 2.75) is 102 Å². The number of nitrogens with zero attached hydrogens (tertiary/aromatic N) is 4. The summed E-state index contributed by atoms with van der Waals surface area (Å²) in [6.07, 6.45) is 15.1. The Kier molecular flexibility index (Phi) is 18.5. The number of nitriles is 1. The minimum absolute atomic E-state index is 0.154. The second kappa shape index (κ2) is 24.4. The lowest BCUT2D eigenvalue weighted by atomic mass is 9.93. The van der Waals surface area contributed by atoms with Gasteiger partial charge in [-0.3, -0.25) is 19.5 Å². The number of aldehydes is 1. The zero-order valence-corrected chi connectivity index (χ0v) is 36.7. The maximum atomic E-state index is 10.5. The molecule has 0 amide bonds. The molecule has 0 bridgehead atoms. The summed E-state index contributed by atoms with van der Waals surface area (Å²) in [6.45, 7) is 9.12. The second-order valence-electron chi connectivity index (χ2n) is 15.8. The Balaban J connectivity index is 0.000000169. The Labute approximate surface area is 362 Å². The van der Waals surface area contributed by atoms with Crippen molar-refractivity contribution in [3.63, 3.8) is 0 Å². The van der Waals surface area contributed by atoms with Gasteiger partial charge in [0.15, 0.2) is 0 Å². The van der Waals surface area contributed by atoms with Gasteiger partial charge in [0.2, 0.25) is 0 Å². The molecule has 4 aromatic rings. The van der Waals surface area contributed by atoms with E-state index in [4.69, 9.17) is 9.47 Å². The molecule has 8 nitrogen and oxygen atoms in total. The van der Waals surface area contributed by atoms with E-state index in [2.05, 4.69) is 62.5 Å². The Morgan fingerprint density at radius 1 is 0.593 bits per heavy atom. The summed E-state index contributed by atoms with van der Waals surface area (Å²) in [5.74, 6) is 1.72. The van der Waals surface area contributed by atoms with Crippen molar-refractivity contribution in [1.82, 2.24) is 20.0 Å². The first-order valence-corrected chi connectivity index (χ1v) is 23.3. The third kappa shape index (κ3) is 14.1. The fourth-order valence-corrected chi connectivity index (χ4v) is 10.2. The smallest absolute Gasteiger partial charge is 0.150 e. The van der Waals surface area contributed by atoms with Gasteiger partial charge in [0.05, 0.1) is 20.3 Å². The van der Waals surface area contributed by atoms with E-state index in [9.17, 15) is 10.1 Å². The summed E-state index contributed by atoms with van der Waals surface area (Å²) in [5.41, 5.74) is 1.80. The summed E-state index contributed by atoms with van der Waals surface area (Å²) in [4.78, 5) is 22.9. The van der Waals surface area contributed by atoms with Gasteiger partial charge in [-0.05, 0) is 104 Å². The molecule has 2 aliphatic heterocycles. The number of ether oxygens (including phenoxy) is 2. The number of carbonyl (C=O) groups excluding carboxylic acids is 1. The molecule has 4 fully saturated rings. The highest BCUT2D eigenvalue weighted by molar-refractivity contribution is 7.99. The lowest BCUT2D eigenvalue weighted by Gasteiger charge is -2.42. The molecule has 4 aliphatic rings. The van der Waals surface area contributed by atoms with Gasteiger partial charge in [0.1, 0.15) is 23.8 Å². The highest BCUT2D eigenvalue weighted by Crippen LogP contribution is 2.32. The largest absolute Gasteiger partial charge is 0.497 e. The number of piperazine rings is 2. The highest BCUT2D eigenvalue weighted by Gasteiger charge is 2.29. The van der Waals surface area contributed by atoms with Crippen LogP contribution in [0, 0.1) is 11.3 Å². The van der Waals surface area contributed by atoms with Crippen LogP contribution in [0.5, 0.6) is 11.5 Å². The van der Waals surface area contributed by atoms with Crippen molar-refractivity contribution in [3.05, 3.63) is 108 Å². The fourth-order valence-electron chi connectivity index (χ4n) is 8.56. The van der Waals surface area contributed by atoms with Crippen LogP contribution in [0.2, 0.25) is 0 Å². The van der Waals surface area contributed by atoms with Crippen molar-refractivity contribution >= 4 is 29.8 Å². The second-order valence-corrected chi connectivity index (χ2v) is 18.1. The van der Waals surface area contributed by atoms with E-state index in [1.54, 1.807) is 37.7 Å². The molecule has 1 atom stereocenters. The van der Waals surface area contributed by atoms with Crippen molar-refractivity contribution < 1.29 is 14.3 Å². The van der Waals surface area contributed by atoms with Gasteiger partial charge in [0.25, 0.3) is 0 Å². The van der Waals surface area contributed by atoms with E-state index in [-0.39, 0.29) is 6.04 Å². The zero-order chi connectivity index (χ0) is 41.1. The number of methoxy groups -OCH3 is 2. The Morgan fingerprint density at radius 3 is 1.41 bits per heavy atom. The average Bonchev–Trinajstić information content (AvgIpc) is 3.32. The lowest BCUT2D eigenvalue weighted by molar-refractivity contribution is 0.0676. The minimum atomic E-state index is -0.154. The molecule has 0 spiro atoms. The maximum absolute atomic E-state index is 10.5. The SMILES string of the molecule is C1CCC(N2CCNCC2)CC1.COc1ccc(Sc2ccc(C(C#N)N3CCN(C4CCCCC4)CC3)cc2)cc1.COc1ccc(Sc2ccc(C=O)cc2)cc1. The van der Waals surface area contributed by atoms with Crippen LogP contribution in [0.25, 0.3) is 0 Å². The van der Waals surface area contributed by atoms with Crippen LogP contribution in [0.1, 0.15) is 86.2 Å². The quantitative estimate of drug-likeness (QED) is 0.148. The van der Waals surface area contributed by atoms with Crippen LogP contribution in [0.15, 0.2) is 117 Å². The van der Waals surface area contributed by atoms with Gasteiger partial charge in [0, 0.05) is 89.6 Å². The molecule has 1 N–H and O–H groups in total. The first kappa shape index (κ1) is 44.7. The molecular formula is C49H63N5O3S2. The standard InChI is InChI=1S/C25H31N3OS.C14H12O2S.C10H20N2/c1-29-22-9-13-24(14-10-22)30-23-11-7-20(8-12-23)25(19-26)28-17-15-27(16-18-28)21-5-3-2-4-6-21;1-16-12-4-8-14(9-5-12)17-13-6-2-11(10-15)3-7-13;1-2-4-10(5-3-1)12-8-6-11-7-9-12/h7-14,21,25H,2-6,15-18H2,1H3;2-10H,1H3;10-11H,1-9H2. The maximum Gasteiger partial charge on any atom is 0.150 e. The van der Waals surface area contributed by atoms with Crippen molar-refractivity contribution in [1.29, 1.82) is 5.26 Å². The van der Waals surface area contributed by atoms with Gasteiger partial charge >= 0.3 is 0 Å². The van der Waals surface area contributed by atoms with E-state index >= 15 is 0 Å². The fraction of sp³-hybridized carbons (Fsp3) is 0.469. The van der Waals surface area contributed by atoms with Gasteiger partial charge in [-0.25, -0.2) is 0 Å². The summed E-state index contributed by atoms with van der Waals surface area (Å²) in [6, 6.07) is 36.1. The summed E-state index contributed by atoms with van der Waals surface area (Å²) < 4.78 is 10.3. The predicted octanol–water partition coefficient (Wildman–Crippen LogP) is 10.2. The number of carbonyl (C=O) groups is 1. The van der Waals surface area contributed by atoms with Crippen molar-refractivity contribution in [3.8, 4) is 17.6 Å². The predicted molar refractivity (Wildman–Crippen MR) is 242 cm³/mol. The number of benzene rings is 4. The van der Waals surface area contributed by atoms with Crippen LogP contribution in [0.4, 0.5) is 0 Å². The van der Waals surface area contributed by atoms with E-state index in [1.807, 2.05) is 60.7 Å². The van der Waals surface area contributed by atoms with Crippen LogP contribution < -0.4 is 14.8 Å². The topological polar surface area (TPSA) is 81.1 Å². The van der Waals surface area contributed by atoms with Crippen LogP contribution >= 0.6 is 23.5 Å². The van der Waals surface area contributed by atoms with Gasteiger partial charge in [-0.1, -0.05) is 86.3 Å². The third-order valence-electron chi connectivity index (χ3n) is 12.0. The molecule has 2 saturated carbocycles. The van der Waals surface area contributed by atoms with Crippen molar-refractivity contribution in [2.24, 2.45) is 0 Å². The molecule has 314 valence electrons. The third-order valence-corrected chi connectivity index (χ3v) is 14.0. The van der Waals surface area contributed by atoms with E-state index in [0.717, 1.165) is 71.4 Å². The van der Waals surface area contributed by atoms with Crippen LogP contribution in [-0.2, 0) is 0 Å². The summed E-state index contributed by atoms with van der Waals surface area (Å²) in [7, 11) is 3.34. The number of nitrogens with one attached hydrogen (secondary N) is 1. The molecule has 59 heavy (non-hydrogen) atoms. The van der Waals surface area contributed by atoms with Gasteiger partial charge < -0.3 is 14.8 Å². The molecule has 2 heterocycles. The summed E-state index contributed by atoms with van der Waals surface area (Å²) >= 11 is 3.38. The van der Waals surface area contributed by atoms with E-state index in [1.165, 1.54) is 100 Å². The molecule has 0 radical (unpaired) electrons. The monoisotopic (exact) mass is 833 g/mol. The van der Waals surface area contributed by atoms with Crippen molar-refractivity contribution in [2.75, 3.05) is 66.6 Å². The van der Waals surface area contributed by atoms with Gasteiger partial charge in [-0.15, -0.1) is 0 Å². The minimum Gasteiger partial charge on any atom is -0.497 e. The normalized spacial score (nSPS) is 18.9. The Hall–Kier alpha value is -3.82. The molecule has 2 aliphatic carbocycles. The average molecular weight is 834 g/mol. The molecule has 8 rings (SSSR count).